The first kappa shape index (κ1) is 20.6. The number of carbonyl (C=O) groups excluding carboxylic acids is 1. The first-order valence-electron chi connectivity index (χ1n) is 8.31. The third-order valence-electron chi connectivity index (χ3n) is 3.94. The van der Waals surface area contributed by atoms with Gasteiger partial charge in [-0.2, -0.15) is 4.31 Å². The van der Waals surface area contributed by atoms with Crippen LogP contribution in [0.25, 0.3) is 0 Å². The summed E-state index contributed by atoms with van der Waals surface area (Å²) in [6, 6.07) is 4.44. The van der Waals surface area contributed by atoms with Crippen molar-refractivity contribution in [2.24, 2.45) is 0 Å². The number of nitrogens with zero attached hydrogens (tertiary/aromatic N) is 1. The highest BCUT2D eigenvalue weighted by molar-refractivity contribution is 8.04. The molecule has 1 aromatic carbocycles. The Balaban J connectivity index is 2.37. The summed E-state index contributed by atoms with van der Waals surface area (Å²) in [7, 11) is -2.17. The van der Waals surface area contributed by atoms with Crippen LogP contribution in [0.5, 0.6) is 5.75 Å². The lowest BCUT2D eigenvalue weighted by Gasteiger charge is -2.20. The van der Waals surface area contributed by atoms with Gasteiger partial charge in [-0.05, 0) is 25.1 Å². The number of hydrogen-bond donors (Lipinski definition) is 1. The minimum atomic E-state index is -3.64. The molecule has 144 valence electrons. The summed E-state index contributed by atoms with van der Waals surface area (Å²) in [4.78, 5) is 13.2. The fourth-order valence-corrected chi connectivity index (χ4v) is 4.87. The van der Waals surface area contributed by atoms with E-state index in [1.165, 1.54) is 41.4 Å². The van der Waals surface area contributed by atoms with Crippen LogP contribution in [0, 0.1) is 0 Å². The van der Waals surface area contributed by atoms with Crippen LogP contribution in [-0.4, -0.2) is 51.2 Å². The molecule has 0 bridgehead atoms. The van der Waals surface area contributed by atoms with Crippen molar-refractivity contribution in [3.63, 3.8) is 0 Å². The third kappa shape index (κ3) is 4.33. The molecule has 7 nitrogen and oxygen atoms in total. The van der Waals surface area contributed by atoms with Gasteiger partial charge in [-0.1, -0.05) is 13.8 Å². The number of nitrogens with one attached hydrogen (secondary N) is 1. The second-order valence-corrected chi connectivity index (χ2v) is 8.53. The van der Waals surface area contributed by atoms with E-state index in [-0.39, 0.29) is 10.8 Å². The van der Waals surface area contributed by atoms with Crippen LogP contribution in [0.2, 0.25) is 0 Å². The quantitative estimate of drug-likeness (QED) is 0.757. The second-order valence-electron chi connectivity index (χ2n) is 5.49. The molecule has 0 saturated carbocycles. The lowest BCUT2D eigenvalue weighted by atomic mass is 10.3. The first-order chi connectivity index (χ1) is 12.3. The maximum Gasteiger partial charge on any atom is 0.265 e. The largest absolute Gasteiger partial charge is 0.496 e. The zero-order chi connectivity index (χ0) is 19.3. The lowest BCUT2D eigenvalue weighted by Crippen LogP contribution is -2.30. The number of carbonyl (C=O) groups is 1. The van der Waals surface area contributed by atoms with Gasteiger partial charge in [0.05, 0.1) is 24.3 Å². The van der Waals surface area contributed by atoms with Crippen molar-refractivity contribution in [2.45, 2.75) is 25.7 Å². The Kier molecular flexibility index (Phi) is 6.96. The molecule has 0 fully saturated rings. The molecular weight excluding hydrogens is 376 g/mol. The molecule has 1 aliphatic rings. The molecule has 1 aromatic rings. The number of allylic oxidation sites excluding steroid dienone is 1. The number of sulfonamides is 1. The smallest absolute Gasteiger partial charge is 0.265 e. The van der Waals surface area contributed by atoms with Gasteiger partial charge in [-0.15, -0.1) is 11.8 Å². The number of anilines is 1. The predicted octanol–water partition coefficient (Wildman–Crippen LogP) is 2.66. The van der Waals surface area contributed by atoms with E-state index in [2.05, 4.69) is 5.32 Å². The molecule has 1 N–H and O–H groups in total. The van der Waals surface area contributed by atoms with Crippen molar-refractivity contribution < 1.29 is 22.7 Å². The molecule has 0 saturated heterocycles. The Morgan fingerprint density at radius 3 is 2.62 bits per heavy atom. The normalized spacial score (nSPS) is 15.0. The SMILES string of the molecule is CCN(CC)S(=O)(=O)c1ccc(OC)c(NC(=O)C2=C(C)OCCS2)c1. The van der Waals surface area contributed by atoms with Crippen LogP contribution < -0.4 is 10.1 Å². The van der Waals surface area contributed by atoms with Gasteiger partial charge in [-0.3, -0.25) is 4.79 Å². The molecule has 26 heavy (non-hydrogen) atoms. The monoisotopic (exact) mass is 400 g/mol. The number of amides is 1. The lowest BCUT2D eigenvalue weighted by molar-refractivity contribution is -0.112. The summed E-state index contributed by atoms with van der Waals surface area (Å²) in [5.41, 5.74) is 0.303. The molecule has 0 aromatic heterocycles. The summed E-state index contributed by atoms with van der Waals surface area (Å²) in [5, 5.41) is 2.74. The fraction of sp³-hybridized carbons (Fsp3) is 0.471. The summed E-state index contributed by atoms with van der Waals surface area (Å²) in [6.07, 6.45) is 0. The van der Waals surface area contributed by atoms with E-state index in [1.54, 1.807) is 20.8 Å². The van der Waals surface area contributed by atoms with Crippen LogP contribution in [0.4, 0.5) is 5.69 Å². The van der Waals surface area contributed by atoms with Crippen molar-refractivity contribution in [3.05, 3.63) is 28.9 Å². The van der Waals surface area contributed by atoms with Crippen LogP contribution in [0.3, 0.4) is 0 Å². The van der Waals surface area contributed by atoms with Crippen molar-refractivity contribution in [1.29, 1.82) is 0 Å². The Morgan fingerprint density at radius 2 is 2.04 bits per heavy atom. The Bertz CT molecular complexity index is 801. The maximum absolute atomic E-state index is 12.7. The van der Waals surface area contributed by atoms with Gasteiger partial charge in [0.25, 0.3) is 5.91 Å². The molecule has 0 radical (unpaired) electrons. The number of ether oxygens (including phenoxy) is 2. The van der Waals surface area contributed by atoms with E-state index in [0.717, 1.165) is 0 Å². The van der Waals surface area contributed by atoms with Crippen molar-refractivity contribution >= 4 is 33.4 Å². The molecule has 0 atom stereocenters. The van der Waals surface area contributed by atoms with Crippen LogP contribution in [0.15, 0.2) is 33.8 Å². The molecule has 0 spiro atoms. The van der Waals surface area contributed by atoms with E-state index in [0.29, 0.717) is 47.6 Å². The standard InChI is InChI=1S/C17H24N2O5S2/c1-5-19(6-2)26(21,22)13-7-8-15(23-4)14(11-13)18-17(20)16-12(3)24-9-10-25-16/h7-8,11H,5-6,9-10H2,1-4H3,(H,18,20). The molecule has 1 amide bonds. The maximum atomic E-state index is 12.7. The van der Waals surface area contributed by atoms with E-state index in [4.69, 9.17) is 9.47 Å². The van der Waals surface area contributed by atoms with Gasteiger partial charge >= 0.3 is 0 Å². The Hall–Kier alpha value is -1.71. The van der Waals surface area contributed by atoms with Crippen molar-refractivity contribution in [2.75, 3.05) is 37.9 Å². The molecule has 1 aliphatic heterocycles. The number of rotatable bonds is 7. The summed E-state index contributed by atoms with van der Waals surface area (Å²) in [5.74, 6) is 1.29. The zero-order valence-electron chi connectivity index (χ0n) is 15.4. The second kappa shape index (κ2) is 8.79. The van der Waals surface area contributed by atoms with E-state index < -0.39 is 10.0 Å². The summed E-state index contributed by atoms with van der Waals surface area (Å²) < 4.78 is 37.5. The van der Waals surface area contributed by atoms with Gasteiger partial charge in [0.15, 0.2) is 0 Å². The first-order valence-corrected chi connectivity index (χ1v) is 10.7. The van der Waals surface area contributed by atoms with E-state index >= 15 is 0 Å². The van der Waals surface area contributed by atoms with Crippen molar-refractivity contribution in [1.82, 2.24) is 4.31 Å². The molecule has 0 unspecified atom stereocenters. The van der Waals surface area contributed by atoms with E-state index in [9.17, 15) is 13.2 Å². The summed E-state index contributed by atoms with van der Waals surface area (Å²) in [6.45, 7) is 6.60. The predicted molar refractivity (Wildman–Crippen MR) is 103 cm³/mol. The molecular formula is C17H24N2O5S2. The number of methoxy groups -OCH3 is 1. The highest BCUT2D eigenvalue weighted by Gasteiger charge is 2.24. The molecule has 9 heteroatoms. The number of benzene rings is 1. The van der Waals surface area contributed by atoms with Crippen LogP contribution >= 0.6 is 11.8 Å². The third-order valence-corrected chi connectivity index (χ3v) is 7.11. The highest BCUT2D eigenvalue weighted by atomic mass is 32.2. The number of hydrogen-bond acceptors (Lipinski definition) is 6. The van der Waals surface area contributed by atoms with Gasteiger partial charge in [0.1, 0.15) is 16.4 Å². The molecule has 0 aliphatic carbocycles. The van der Waals surface area contributed by atoms with Crippen LogP contribution in [0.1, 0.15) is 20.8 Å². The minimum absolute atomic E-state index is 0.107. The number of thioether (sulfide) groups is 1. The topological polar surface area (TPSA) is 84.9 Å². The molecule has 2 rings (SSSR count). The fourth-order valence-electron chi connectivity index (χ4n) is 2.57. The average Bonchev–Trinajstić information content (AvgIpc) is 2.62. The zero-order valence-corrected chi connectivity index (χ0v) is 17.0. The van der Waals surface area contributed by atoms with Gasteiger partial charge < -0.3 is 14.8 Å². The van der Waals surface area contributed by atoms with E-state index in [1.807, 2.05) is 0 Å². The summed E-state index contributed by atoms with van der Waals surface area (Å²) >= 11 is 1.41. The van der Waals surface area contributed by atoms with Crippen LogP contribution in [-0.2, 0) is 19.6 Å². The molecule has 1 heterocycles. The minimum Gasteiger partial charge on any atom is -0.496 e. The Morgan fingerprint density at radius 1 is 1.35 bits per heavy atom. The highest BCUT2D eigenvalue weighted by Crippen LogP contribution is 2.32. The Labute approximate surface area is 158 Å². The van der Waals surface area contributed by atoms with Gasteiger partial charge in [0, 0.05) is 18.8 Å². The van der Waals surface area contributed by atoms with Gasteiger partial charge in [0.2, 0.25) is 10.0 Å². The van der Waals surface area contributed by atoms with Gasteiger partial charge in [-0.25, -0.2) is 8.42 Å². The van der Waals surface area contributed by atoms with Crippen molar-refractivity contribution in [3.8, 4) is 5.75 Å². The average molecular weight is 401 g/mol.